The van der Waals surface area contributed by atoms with E-state index in [0.717, 1.165) is 11.0 Å². The molecule has 0 aromatic carbocycles. The summed E-state index contributed by atoms with van der Waals surface area (Å²) < 4.78 is 6.87. The zero-order valence-electron chi connectivity index (χ0n) is 7.19. The molecule has 1 aliphatic carbocycles. The first-order valence-electron chi connectivity index (χ1n) is 4.27. The molecular formula is C9H15IO. The zero-order valence-corrected chi connectivity index (χ0v) is 9.35. The van der Waals surface area contributed by atoms with Gasteiger partial charge < -0.3 is 4.74 Å². The van der Waals surface area contributed by atoms with Gasteiger partial charge in [0.2, 0.25) is 0 Å². The van der Waals surface area contributed by atoms with Crippen molar-refractivity contribution in [1.82, 2.24) is 0 Å². The van der Waals surface area contributed by atoms with Gasteiger partial charge >= 0.3 is 0 Å². The van der Waals surface area contributed by atoms with Crippen LogP contribution in [0.3, 0.4) is 0 Å². The Morgan fingerprint density at radius 2 is 2.18 bits per heavy atom. The van der Waals surface area contributed by atoms with E-state index in [1.165, 1.54) is 12.8 Å². The van der Waals surface area contributed by atoms with Crippen LogP contribution in [0.15, 0.2) is 0 Å². The largest absolute Gasteiger partial charge is 0.377 e. The first-order chi connectivity index (χ1) is 5.10. The van der Waals surface area contributed by atoms with Crippen LogP contribution in [-0.4, -0.2) is 17.1 Å². The normalized spacial score (nSPS) is 46.6. The van der Waals surface area contributed by atoms with Crippen molar-refractivity contribution in [1.29, 1.82) is 0 Å². The van der Waals surface area contributed by atoms with Crippen LogP contribution < -0.4 is 0 Å². The number of rotatable bonds is 1. The summed E-state index contributed by atoms with van der Waals surface area (Å²) in [7, 11) is 0. The highest BCUT2D eigenvalue weighted by atomic mass is 127. The molecule has 2 fully saturated rings. The molecule has 1 heterocycles. The molecule has 1 saturated carbocycles. The summed E-state index contributed by atoms with van der Waals surface area (Å²) in [4.78, 5) is 0. The highest BCUT2D eigenvalue weighted by Crippen LogP contribution is 2.68. The van der Waals surface area contributed by atoms with Crippen LogP contribution in [0.1, 0.15) is 26.7 Å². The summed E-state index contributed by atoms with van der Waals surface area (Å²) in [5, 5.41) is 0. The lowest BCUT2D eigenvalue weighted by Crippen LogP contribution is -2.09. The molecular weight excluding hydrogens is 251 g/mol. The fourth-order valence-electron chi connectivity index (χ4n) is 2.33. The zero-order chi connectivity index (χ0) is 8.11. The molecule has 0 N–H and O–H groups in total. The smallest absolute Gasteiger partial charge is 0.0671 e. The van der Waals surface area contributed by atoms with E-state index in [1.54, 1.807) is 0 Å². The van der Waals surface area contributed by atoms with Gasteiger partial charge in [-0.2, -0.15) is 0 Å². The second kappa shape index (κ2) is 2.34. The van der Waals surface area contributed by atoms with E-state index in [1.807, 2.05) is 0 Å². The van der Waals surface area contributed by atoms with E-state index in [0.29, 0.717) is 16.9 Å². The Bertz CT molecular complexity index is 178. The third kappa shape index (κ3) is 1.13. The summed E-state index contributed by atoms with van der Waals surface area (Å²) in [6, 6.07) is 0. The second-order valence-corrected chi connectivity index (χ2v) is 5.51. The number of halogens is 1. The molecule has 1 aliphatic heterocycles. The Kier molecular flexibility index (Phi) is 1.77. The minimum atomic E-state index is 0.553. The summed E-state index contributed by atoms with van der Waals surface area (Å²) in [6.07, 6.45) is 3.24. The average molecular weight is 266 g/mol. The molecule has 2 rings (SSSR count). The maximum absolute atomic E-state index is 5.71. The fourth-order valence-corrected chi connectivity index (χ4v) is 2.89. The van der Waals surface area contributed by atoms with E-state index >= 15 is 0 Å². The van der Waals surface area contributed by atoms with Crippen LogP contribution in [0.5, 0.6) is 0 Å². The number of hydrogen-bond acceptors (Lipinski definition) is 1. The fraction of sp³-hybridized carbons (Fsp3) is 1.00. The molecule has 1 spiro atoms. The monoisotopic (exact) mass is 266 g/mol. The summed E-state index contributed by atoms with van der Waals surface area (Å²) in [6.45, 7) is 5.76. The lowest BCUT2D eigenvalue weighted by atomic mass is 9.93. The molecule has 2 atom stereocenters. The molecule has 2 heteroatoms. The highest BCUT2D eigenvalue weighted by molar-refractivity contribution is 14.1. The van der Waals surface area contributed by atoms with Crippen molar-refractivity contribution in [3.63, 3.8) is 0 Å². The topological polar surface area (TPSA) is 9.23 Å². The minimum absolute atomic E-state index is 0.553. The molecule has 0 bridgehead atoms. The van der Waals surface area contributed by atoms with Gasteiger partial charge in [-0.3, -0.25) is 0 Å². The Morgan fingerprint density at radius 3 is 2.45 bits per heavy atom. The van der Waals surface area contributed by atoms with Crippen LogP contribution in [0, 0.1) is 10.8 Å². The van der Waals surface area contributed by atoms with Gasteiger partial charge in [0, 0.05) is 9.84 Å². The van der Waals surface area contributed by atoms with E-state index < -0.39 is 0 Å². The molecule has 0 radical (unpaired) electrons. The number of alkyl halides is 1. The van der Waals surface area contributed by atoms with Crippen molar-refractivity contribution in [2.75, 3.05) is 11.0 Å². The van der Waals surface area contributed by atoms with Crippen LogP contribution in [0.4, 0.5) is 0 Å². The predicted molar refractivity (Wildman–Crippen MR) is 54.1 cm³/mol. The summed E-state index contributed by atoms with van der Waals surface area (Å²) in [5.74, 6) is 0. The van der Waals surface area contributed by atoms with Crippen molar-refractivity contribution in [2.24, 2.45) is 10.8 Å². The van der Waals surface area contributed by atoms with Gasteiger partial charge in [0.05, 0.1) is 12.7 Å². The van der Waals surface area contributed by atoms with E-state index in [9.17, 15) is 0 Å². The van der Waals surface area contributed by atoms with E-state index in [2.05, 4.69) is 36.4 Å². The number of ether oxygens (including phenoxy) is 1. The van der Waals surface area contributed by atoms with Crippen molar-refractivity contribution in [3.05, 3.63) is 0 Å². The Morgan fingerprint density at radius 1 is 1.55 bits per heavy atom. The van der Waals surface area contributed by atoms with Crippen LogP contribution >= 0.6 is 22.6 Å². The third-order valence-corrected chi connectivity index (χ3v) is 4.46. The van der Waals surface area contributed by atoms with Crippen molar-refractivity contribution in [2.45, 2.75) is 32.8 Å². The van der Waals surface area contributed by atoms with Gasteiger partial charge in [-0.25, -0.2) is 0 Å². The van der Waals surface area contributed by atoms with Crippen molar-refractivity contribution >= 4 is 22.6 Å². The SMILES string of the molecule is CC1(C)C[C@@]12CO[C@H](CI)C2. The molecule has 1 nitrogen and oxygen atoms in total. The van der Waals surface area contributed by atoms with Gasteiger partial charge in [0.25, 0.3) is 0 Å². The molecule has 64 valence electrons. The van der Waals surface area contributed by atoms with Crippen LogP contribution in [0.2, 0.25) is 0 Å². The third-order valence-electron chi connectivity index (χ3n) is 3.48. The van der Waals surface area contributed by atoms with Gasteiger partial charge in [0.15, 0.2) is 0 Å². The van der Waals surface area contributed by atoms with Gasteiger partial charge in [-0.1, -0.05) is 36.4 Å². The second-order valence-electron chi connectivity index (χ2n) is 4.63. The Labute approximate surface area is 82.0 Å². The highest BCUT2D eigenvalue weighted by Gasteiger charge is 2.64. The summed E-state index contributed by atoms with van der Waals surface area (Å²) in [5.41, 5.74) is 1.16. The van der Waals surface area contributed by atoms with Gasteiger partial charge in [-0.15, -0.1) is 0 Å². The van der Waals surface area contributed by atoms with Gasteiger partial charge in [-0.05, 0) is 18.3 Å². The van der Waals surface area contributed by atoms with Crippen LogP contribution in [0.25, 0.3) is 0 Å². The molecule has 0 amide bonds. The van der Waals surface area contributed by atoms with Gasteiger partial charge in [0.1, 0.15) is 0 Å². The number of hydrogen-bond donors (Lipinski definition) is 0. The lowest BCUT2D eigenvalue weighted by molar-refractivity contribution is 0.120. The van der Waals surface area contributed by atoms with Crippen molar-refractivity contribution in [3.8, 4) is 0 Å². The first-order valence-corrected chi connectivity index (χ1v) is 5.80. The maximum atomic E-state index is 5.71. The van der Waals surface area contributed by atoms with Crippen molar-refractivity contribution < 1.29 is 4.74 Å². The first kappa shape index (κ1) is 8.30. The van der Waals surface area contributed by atoms with Crippen LogP contribution in [-0.2, 0) is 4.74 Å². The predicted octanol–water partition coefficient (Wildman–Crippen LogP) is 2.63. The molecule has 0 aromatic heterocycles. The molecule has 11 heavy (non-hydrogen) atoms. The minimum Gasteiger partial charge on any atom is -0.377 e. The quantitative estimate of drug-likeness (QED) is 0.523. The molecule has 2 aliphatic rings. The van der Waals surface area contributed by atoms with E-state index in [4.69, 9.17) is 4.74 Å². The Hall–Kier alpha value is 0.690. The van der Waals surface area contributed by atoms with E-state index in [-0.39, 0.29) is 0 Å². The molecule has 0 aromatic rings. The summed E-state index contributed by atoms with van der Waals surface area (Å²) >= 11 is 2.42. The maximum Gasteiger partial charge on any atom is 0.0671 e. The average Bonchev–Trinajstić information content (AvgIpc) is 2.35. The molecule has 1 saturated heterocycles. The molecule has 0 unspecified atom stereocenters. The standard InChI is InChI=1S/C9H15IO/c1-8(2)5-9(8)3-7(4-10)11-6-9/h7H,3-6H2,1-2H3/t7-,9-/m0/s1. The Balaban J connectivity index is 2.01. The lowest BCUT2D eigenvalue weighted by Gasteiger charge is -2.09.